The standard InChI is InChI=1S/C8H8N4O3S/c1-2-3-5(7(13)14)10-8(15)11-6-4-9-12-16-6/h1,4-5H,3H2,(H,13,14)(H2,10,11,15). The van der Waals surface area contributed by atoms with Gasteiger partial charge in [-0.05, 0) is 0 Å². The minimum absolute atomic E-state index is 0.0797. The highest BCUT2D eigenvalue weighted by atomic mass is 32.1. The summed E-state index contributed by atoms with van der Waals surface area (Å²) in [6, 6.07) is -1.76. The Balaban J connectivity index is 2.49. The SMILES string of the molecule is C#CCC(NC(=O)Nc1cnns1)C(=O)O. The van der Waals surface area contributed by atoms with Crippen molar-refractivity contribution < 1.29 is 14.7 Å². The van der Waals surface area contributed by atoms with Crippen LogP contribution in [0.5, 0.6) is 0 Å². The lowest BCUT2D eigenvalue weighted by Gasteiger charge is -2.11. The van der Waals surface area contributed by atoms with Crippen molar-refractivity contribution in [2.45, 2.75) is 12.5 Å². The second-order valence-corrected chi connectivity index (χ2v) is 3.46. The number of aliphatic carboxylic acids is 1. The molecular weight excluding hydrogens is 232 g/mol. The van der Waals surface area contributed by atoms with Gasteiger partial charge in [-0.25, -0.2) is 9.59 Å². The van der Waals surface area contributed by atoms with Gasteiger partial charge < -0.3 is 10.4 Å². The number of carbonyl (C=O) groups excluding carboxylic acids is 1. The Morgan fingerprint density at radius 2 is 2.44 bits per heavy atom. The number of nitrogens with one attached hydrogen (secondary N) is 2. The van der Waals surface area contributed by atoms with E-state index in [1.165, 1.54) is 6.20 Å². The summed E-state index contributed by atoms with van der Waals surface area (Å²) in [4.78, 5) is 22.0. The molecule has 1 unspecified atom stereocenters. The van der Waals surface area contributed by atoms with Gasteiger partial charge in [0.15, 0.2) is 0 Å². The van der Waals surface area contributed by atoms with Crippen molar-refractivity contribution in [1.29, 1.82) is 0 Å². The van der Waals surface area contributed by atoms with Gasteiger partial charge in [0.2, 0.25) is 0 Å². The first-order valence-electron chi connectivity index (χ1n) is 4.14. The van der Waals surface area contributed by atoms with Gasteiger partial charge in [-0.3, -0.25) is 5.32 Å². The van der Waals surface area contributed by atoms with Crippen molar-refractivity contribution in [3.8, 4) is 12.3 Å². The van der Waals surface area contributed by atoms with Gasteiger partial charge in [-0.15, -0.1) is 17.4 Å². The number of carbonyl (C=O) groups is 2. The fraction of sp³-hybridized carbons (Fsp3) is 0.250. The van der Waals surface area contributed by atoms with Crippen LogP contribution in [0.2, 0.25) is 0 Å². The normalized spacial score (nSPS) is 11.2. The molecule has 1 atom stereocenters. The van der Waals surface area contributed by atoms with Crippen LogP contribution in [-0.2, 0) is 4.79 Å². The molecule has 1 aromatic heterocycles. The molecule has 7 nitrogen and oxygen atoms in total. The lowest BCUT2D eigenvalue weighted by Crippen LogP contribution is -2.42. The Labute approximate surface area is 95.0 Å². The molecule has 1 rings (SSSR count). The molecule has 0 spiro atoms. The predicted molar refractivity (Wildman–Crippen MR) is 56.9 cm³/mol. The number of amides is 2. The third-order valence-electron chi connectivity index (χ3n) is 1.52. The van der Waals surface area contributed by atoms with Crippen LogP contribution in [0.15, 0.2) is 6.20 Å². The maximum Gasteiger partial charge on any atom is 0.327 e. The number of nitrogens with zero attached hydrogens (tertiary/aromatic N) is 2. The molecular formula is C8H8N4O3S. The fourth-order valence-electron chi connectivity index (χ4n) is 0.846. The molecule has 2 amide bonds. The van der Waals surface area contributed by atoms with Gasteiger partial charge in [0.25, 0.3) is 0 Å². The van der Waals surface area contributed by atoms with E-state index in [-0.39, 0.29) is 6.42 Å². The molecule has 0 fully saturated rings. The number of anilines is 1. The Hall–Kier alpha value is -2.14. The maximum atomic E-state index is 11.3. The van der Waals surface area contributed by atoms with Gasteiger partial charge in [0, 0.05) is 18.0 Å². The maximum absolute atomic E-state index is 11.3. The Bertz CT molecular complexity index is 411. The first-order chi connectivity index (χ1) is 7.63. The van der Waals surface area contributed by atoms with E-state index in [2.05, 4.69) is 26.1 Å². The van der Waals surface area contributed by atoms with E-state index >= 15 is 0 Å². The second-order valence-electron chi connectivity index (χ2n) is 2.68. The summed E-state index contributed by atoms with van der Waals surface area (Å²) in [5.74, 6) is 0.983. The van der Waals surface area contributed by atoms with Crippen LogP contribution < -0.4 is 10.6 Å². The molecule has 16 heavy (non-hydrogen) atoms. The summed E-state index contributed by atoms with van der Waals surface area (Å²) in [6.07, 6.45) is 6.24. The number of urea groups is 1. The molecule has 0 aliphatic rings. The summed E-state index contributed by atoms with van der Waals surface area (Å²) < 4.78 is 3.53. The van der Waals surface area contributed by atoms with Crippen molar-refractivity contribution in [3.63, 3.8) is 0 Å². The molecule has 0 aliphatic heterocycles. The minimum Gasteiger partial charge on any atom is -0.480 e. The number of hydrogen-bond acceptors (Lipinski definition) is 5. The average molecular weight is 240 g/mol. The number of carboxylic acid groups (broad SMARTS) is 1. The predicted octanol–water partition coefficient (Wildman–Crippen LogP) is 0.136. The van der Waals surface area contributed by atoms with Gasteiger partial charge in [-0.1, -0.05) is 4.49 Å². The highest BCUT2D eigenvalue weighted by molar-refractivity contribution is 7.10. The number of hydrogen-bond donors (Lipinski definition) is 3. The molecule has 0 aliphatic carbocycles. The van der Waals surface area contributed by atoms with Crippen LogP contribution in [-0.4, -0.2) is 32.7 Å². The number of aromatic nitrogens is 2. The van der Waals surface area contributed by atoms with Gasteiger partial charge in [-0.2, -0.15) is 0 Å². The highest BCUT2D eigenvalue weighted by Crippen LogP contribution is 2.08. The summed E-state index contributed by atoms with van der Waals surface area (Å²) in [5, 5.41) is 17.2. The lowest BCUT2D eigenvalue weighted by atomic mass is 10.2. The molecule has 0 saturated heterocycles. The minimum atomic E-state index is -1.18. The first-order valence-corrected chi connectivity index (χ1v) is 4.92. The molecule has 0 saturated carbocycles. The van der Waals surface area contributed by atoms with Gasteiger partial charge >= 0.3 is 12.0 Å². The van der Waals surface area contributed by atoms with Crippen molar-refractivity contribution in [2.24, 2.45) is 0 Å². The van der Waals surface area contributed by atoms with Crippen LogP contribution in [0.4, 0.5) is 9.80 Å². The van der Waals surface area contributed by atoms with Crippen LogP contribution in [0.3, 0.4) is 0 Å². The highest BCUT2D eigenvalue weighted by Gasteiger charge is 2.18. The van der Waals surface area contributed by atoms with E-state index in [1.54, 1.807) is 0 Å². The van der Waals surface area contributed by atoms with E-state index in [0.29, 0.717) is 5.00 Å². The monoisotopic (exact) mass is 240 g/mol. The molecule has 1 heterocycles. The summed E-state index contributed by atoms with van der Waals surface area (Å²) in [7, 11) is 0. The van der Waals surface area contributed by atoms with Crippen molar-refractivity contribution in [1.82, 2.24) is 14.9 Å². The van der Waals surface area contributed by atoms with E-state index in [9.17, 15) is 9.59 Å². The third kappa shape index (κ3) is 3.55. The first kappa shape index (κ1) is 11.9. The zero-order chi connectivity index (χ0) is 12.0. The van der Waals surface area contributed by atoms with Crippen LogP contribution >= 0.6 is 11.5 Å². The molecule has 0 aromatic carbocycles. The van der Waals surface area contributed by atoms with E-state index < -0.39 is 18.0 Å². The lowest BCUT2D eigenvalue weighted by molar-refractivity contribution is -0.139. The quantitative estimate of drug-likeness (QED) is 0.649. The third-order valence-corrected chi connectivity index (χ3v) is 2.10. The topological polar surface area (TPSA) is 104 Å². The van der Waals surface area contributed by atoms with Gasteiger partial charge in [0.1, 0.15) is 11.0 Å². The van der Waals surface area contributed by atoms with Crippen LogP contribution in [0.1, 0.15) is 6.42 Å². The van der Waals surface area contributed by atoms with E-state index in [4.69, 9.17) is 11.5 Å². The zero-order valence-corrected chi connectivity index (χ0v) is 8.82. The molecule has 1 aromatic rings. The van der Waals surface area contributed by atoms with Crippen molar-refractivity contribution in [2.75, 3.05) is 5.32 Å². The molecule has 3 N–H and O–H groups in total. The Kier molecular flexibility index (Phi) is 4.23. The fourth-order valence-corrected chi connectivity index (χ4v) is 1.26. The number of terminal acetylenes is 1. The van der Waals surface area contributed by atoms with Crippen molar-refractivity contribution in [3.05, 3.63) is 6.20 Å². The largest absolute Gasteiger partial charge is 0.480 e. The number of carboxylic acids is 1. The summed E-state index contributed by atoms with van der Waals surface area (Å²) >= 11 is 0.979. The Morgan fingerprint density at radius 1 is 1.69 bits per heavy atom. The Morgan fingerprint density at radius 3 is 2.94 bits per heavy atom. The van der Waals surface area contributed by atoms with Crippen LogP contribution in [0.25, 0.3) is 0 Å². The van der Waals surface area contributed by atoms with E-state index in [0.717, 1.165) is 11.5 Å². The van der Waals surface area contributed by atoms with Gasteiger partial charge in [0.05, 0.1) is 6.20 Å². The zero-order valence-electron chi connectivity index (χ0n) is 8.01. The van der Waals surface area contributed by atoms with Crippen LogP contribution in [0, 0.1) is 12.3 Å². The smallest absolute Gasteiger partial charge is 0.327 e. The summed E-state index contributed by atoms with van der Waals surface area (Å²) in [6.45, 7) is 0. The second kappa shape index (κ2) is 5.67. The molecule has 8 heteroatoms. The van der Waals surface area contributed by atoms with E-state index in [1.807, 2.05) is 0 Å². The molecule has 84 valence electrons. The summed E-state index contributed by atoms with van der Waals surface area (Å²) in [5.41, 5.74) is 0. The molecule has 0 bridgehead atoms. The molecule has 0 radical (unpaired) electrons. The number of rotatable bonds is 4. The average Bonchev–Trinajstić information content (AvgIpc) is 2.69. The van der Waals surface area contributed by atoms with Crippen molar-refractivity contribution >= 4 is 28.5 Å².